The summed E-state index contributed by atoms with van der Waals surface area (Å²) >= 11 is 0. The van der Waals surface area contributed by atoms with Crippen molar-refractivity contribution < 1.29 is 17.6 Å². The molecule has 0 N–H and O–H groups in total. The molecule has 3 rings (SSSR count). The van der Waals surface area contributed by atoms with Crippen molar-refractivity contribution in [2.24, 2.45) is 0 Å². The van der Waals surface area contributed by atoms with Crippen LogP contribution in [0.1, 0.15) is 0 Å². The van der Waals surface area contributed by atoms with Gasteiger partial charge in [-0.05, 0) is 35.4 Å². The first-order valence-electron chi connectivity index (χ1n) is 8.79. The van der Waals surface area contributed by atoms with Gasteiger partial charge in [-0.15, -0.1) is 0 Å². The molecule has 0 atom stereocenters. The molecule has 152 valence electrons. The fourth-order valence-corrected chi connectivity index (χ4v) is 3.17. The molecule has 8 heteroatoms. The van der Waals surface area contributed by atoms with Gasteiger partial charge in [-0.2, -0.15) is 21.0 Å². The van der Waals surface area contributed by atoms with E-state index in [1.165, 1.54) is 24.3 Å². The molecular weight excluding hydrogens is 420 g/mol. The standard InChI is InChI=1S/C24H8F4N4/c25-21-5-1-3-15(23(21)27)19-7-18(14(11-31)12-32)20(8-17(19)13(9-29)10-30)16-4-2-6-22(26)24(16)28/h1-8H. The highest BCUT2D eigenvalue weighted by atomic mass is 19.2. The molecule has 3 aromatic carbocycles. The summed E-state index contributed by atoms with van der Waals surface area (Å²) in [5.74, 6) is -5.02. The molecule has 0 aliphatic rings. The van der Waals surface area contributed by atoms with Crippen molar-refractivity contribution in [2.75, 3.05) is 0 Å². The largest absolute Gasteiger partial charge is 0.204 e. The molecule has 0 radical (unpaired) electrons. The predicted octanol–water partition coefficient (Wildman–Crippen LogP) is 3.97. The minimum Gasteiger partial charge on any atom is -0.204 e. The molecule has 0 saturated carbocycles. The van der Waals surface area contributed by atoms with Gasteiger partial charge in [0.25, 0.3) is 0 Å². The van der Waals surface area contributed by atoms with Crippen molar-refractivity contribution in [3.8, 4) is 46.5 Å². The maximum absolute atomic E-state index is 14.6. The van der Waals surface area contributed by atoms with Gasteiger partial charge in [0.05, 0.1) is 0 Å². The Morgan fingerprint density at radius 1 is 0.531 bits per heavy atom. The van der Waals surface area contributed by atoms with Crippen LogP contribution in [0.2, 0.25) is 0 Å². The minimum absolute atomic E-state index is 0.182. The van der Waals surface area contributed by atoms with Crippen LogP contribution in [0.3, 0.4) is 0 Å². The van der Waals surface area contributed by atoms with E-state index in [1.807, 2.05) is 0 Å². The van der Waals surface area contributed by atoms with Gasteiger partial charge < -0.3 is 0 Å². The van der Waals surface area contributed by atoms with Crippen molar-refractivity contribution >= 4 is 11.1 Å². The van der Waals surface area contributed by atoms with Crippen LogP contribution in [-0.4, -0.2) is 0 Å². The summed E-state index contributed by atoms with van der Waals surface area (Å²) in [7, 11) is 0. The van der Waals surface area contributed by atoms with Gasteiger partial charge in [0.15, 0.2) is 23.3 Å². The Morgan fingerprint density at radius 2 is 0.875 bits per heavy atom. The third kappa shape index (κ3) is 3.65. The third-order valence-corrected chi connectivity index (χ3v) is 4.63. The van der Waals surface area contributed by atoms with E-state index in [2.05, 4.69) is 0 Å². The van der Waals surface area contributed by atoms with E-state index < -0.39 is 34.4 Å². The lowest BCUT2D eigenvalue weighted by Gasteiger charge is -2.11. The van der Waals surface area contributed by atoms with Gasteiger partial charge in [0.2, 0.25) is 0 Å². The van der Waals surface area contributed by atoms with E-state index in [9.17, 15) is 38.6 Å². The van der Waals surface area contributed by atoms with Crippen molar-refractivity contribution in [2.45, 2.75) is 0 Å². The molecule has 0 amide bonds. The Hall–Kier alpha value is -4.92. The average molecular weight is 428 g/mol. The van der Waals surface area contributed by atoms with E-state index in [4.69, 9.17) is 0 Å². The summed E-state index contributed by atoms with van der Waals surface area (Å²) in [6.07, 6.45) is 0. The van der Waals surface area contributed by atoms with Crippen molar-refractivity contribution in [1.29, 1.82) is 21.0 Å². The number of hydrogen-bond acceptors (Lipinski definition) is 4. The minimum atomic E-state index is -1.30. The van der Waals surface area contributed by atoms with Crippen LogP contribution in [0.4, 0.5) is 17.6 Å². The molecule has 0 aromatic heterocycles. The summed E-state index contributed by atoms with van der Waals surface area (Å²) in [5, 5.41) is 37.1. The highest BCUT2D eigenvalue weighted by Crippen LogP contribution is 2.26. The average Bonchev–Trinajstić information content (AvgIpc) is 2.80. The number of nitriles is 4. The molecule has 0 fully saturated rings. The van der Waals surface area contributed by atoms with E-state index in [1.54, 1.807) is 24.3 Å². The molecule has 3 aromatic rings. The maximum atomic E-state index is 14.6. The van der Waals surface area contributed by atoms with Gasteiger partial charge in [-0.3, -0.25) is 0 Å². The van der Waals surface area contributed by atoms with Gasteiger partial charge >= 0.3 is 0 Å². The van der Waals surface area contributed by atoms with E-state index in [0.29, 0.717) is 0 Å². The normalized spacial score (nSPS) is 9.75. The molecule has 0 saturated heterocycles. The van der Waals surface area contributed by atoms with Crippen LogP contribution >= 0.6 is 0 Å². The second-order valence-electron chi connectivity index (χ2n) is 6.34. The summed E-state index contributed by atoms with van der Waals surface area (Å²) in [5.41, 5.74) is -2.12. The second-order valence-corrected chi connectivity index (χ2v) is 6.34. The summed E-state index contributed by atoms with van der Waals surface area (Å²) in [6.45, 7) is 0. The highest BCUT2D eigenvalue weighted by Gasteiger charge is 2.18. The highest BCUT2D eigenvalue weighted by molar-refractivity contribution is 5.85. The Balaban J connectivity index is 2.69. The van der Waals surface area contributed by atoms with Crippen LogP contribution in [0, 0.1) is 68.6 Å². The number of rotatable bonds is 2. The zero-order valence-electron chi connectivity index (χ0n) is 15.9. The fraction of sp³-hybridized carbons (Fsp3) is 0. The molecule has 0 spiro atoms. The van der Waals surface area contributed by atoms with Crippen LogP contribution < -0.4 is 10.4 Å². The van der Waals surface area contributed by atoms with E-state index in [0.717, 1.165) is 24.3 Å². The fourth-order valence-electron chi connectivity index (χ4n) is 3.17. The summed E-state index contributed by atoms with van der Waals surface area (Å²) < 4.78 is 56.9. The predicted molar refractivity (Wildman–Crippen MR) is 106 cm³/mol. The maximum Gasteiger partial charge on any atom is 0.166 e. The van der Waals surface area contributed by atoms with Gasteiger partial charge in [-0.1, -0.05) is 24.3 Å². The molecule has 0 unspecified atom stereocenters. The topological polar surface area (TPSA) is 95.2 Å². The van der Waals surface area contributed by atoms with E-state index in [-0.39, 0.29) is 32.7 Å². The third-order valence-electron chi connectivity index (χ3n) is 4.63. The van der Waals surface area contributed by atoms with Crippen molar-refractivity contribution in [3.05, 3.63) is 82.2 Å². The first-order chi connectivity index (χ1) is 15.4. The van der Waals surface area contributed by atoms with Gasteiger partial charge in [0.1, 0.15) is 35.4 Å². The van der Waals surface area contributed by atoms with Crippen LogP contribution in [0.5, 0.6) is 0 Å². The molecule has 0 aliphatic carbocycles. The van der Waals surface area contributed by atoms with Crippen molar-refractivity contribution in [3.63, 3.8) is 0 Å². The van der Waals surface area contributed by atoms with Crippen LogP contribution in [0.25, 0.3) is 33.4 Å². The Bertz CT molecular complexity index is 1410. The molecule has 4 nitrogen and oxygen atoms in total. The lowest BCUT2D eigenvalue weighted by molar-refractivity contribution is 0.511. The van der Waals surface area contributed by atoms with Gasteiger partial charge in [-0.25, -0.2) is 17.6 Å². The number of nitrogens with zero attached hydrogens (tertiary/aromatic N) is 4. The molecule has 0 heterocycles. The number of halogens is 4. The second kappa shape index (κ2) is 8.84. The van der Waals surface area contributed by atoms with Gasteiger partial charge in [0, 0.05) is 21.6 Å². The smallest absolute Gasteiger partial charge is 0.166 e. The molecular formula is C24H8F4N4. The first kappa shape index (κ1) is 21.8. The Morgan fingerprint density at radius 3 is 1.19 bits per heavy atom. The molecule has 0 bridgehead atoms. The lowest BCUT2D eigenvalue weighted by Crippen LogP contribution is -2.20. The number of benzene rings is 3. The molecule has 32 heavy (non-hydrogen) atoms. The summed E-state index contributed by atoms with van der Waals surface area (Å²) in [4.78, 5) is 0. The zero-order valence-corrected chi connectivity index (χ0v) is 15.9. The first-order valence-corrected chi connectivity index (χ1v) is 8.79. The SMILES string of the molecule is N#CC(C#N)=c1cc(-c2cccc(F)c2F)c(=C(C#N)C#N)cc1-c1cccc(F)c1F. The van der Waals surface area contributed by atoms with Crippen LogP contribution in [-0.2, 0) is 0 Å². The Kier molecular flexibility index (Phi) is 6.02. The monoisotopic (exact) mass is 428 g/mol. The Labute approximate surface area is 179 Å². The molecule has 0 aliphatic heterocycles. The summed E-state index contributed by atoms with van der Waals surface area (Å²) in [6, 6.07) is 15.1. The van der Waals surface area contributed by atoms with Crippen LogP contribution in [0.15, 0.2) is 48.5 Å². The van der Waals surface area contributed by atoms with Crippen molar-refractivity contribution in [1.82, 2.24) is 0 Å². The quantitative estimate of drug-likeness (QED) is 0.577. The zero-order chi connectivity index (χ0) is 23.4. The number of hydrogen-bond donors (Lipinski definition) is 0. The lowest BCUT2D eigenvalue weighted by atomic mass is 9.92. The van der Waals surface area contributed by atoms with E-state index >= 15 is 0 Å².